The van der Waals surface area contributed by atoms with Crippen LogP contribution in [-0.4, -0.2) is 42.6 Å². The van der Waals surface area contributed by atoms with Crippen LogP contribution in [0.15, 0.2) is 30.3 Å². The van der Waals surface area contributed by atoms with Gasteiger partial charge in [-0.05, 0) is 74.9 Å². The van der Waals surface area contributed by atoms with Gasteiger partial charge in [0.15, 0.2) is 0 Å². The summed E-state index contributed by atoms with van der Waals surface area (Å²) in [5.41, 5.74) is 10.1. The number of ether oxygens (including phenoxy) is 2. The van der Waals surface area contributed by atoms with Crippen molar-refractivity contribution in [2.45, 2.75) is 57.7 Å². The SMILES string of the molecule is COc1ccc(NC(=O)C2(N)CCC(N3Cc4c(C)ccc(OC)c4NC3=O)CC2)cc1C. The summed E-state index contributed by atoms with van der Waals surface area (Å²) in [5.74, 6) is 1.24. The first kappa shape index (κ1) is 22.9. The summed E-state index contributed by atoms with van der Waals surface area (Å²) in [6.45, 7) is 4.48. The first-order valence-electron chi connectivity index (χ1n) is 11.2. The maximum absolute atomic E-state index is 13.0. The van der Waals surface area contributed by atoms with Crippen LogP contribution in [0.5, 0.6) is 11.5 Å². The number of benzene rings is 2. The van der Waals surface area contributed by atoms with E-state index in [2.05, 4.69) is 10.6 Å². The molecular formula is C25H32N4O4. The second-order valence-electron chi connectivity index (χ2n) is 9.02. The lowest BCUT2D eigenvalue weighted by Gasteiger charge is -2.42. The van der Waals surface area contributed by atoms with Crippen molar-refractivity contribution in [2.24, 2.45) is 5.73 Å². The highest BCUT2D eigenvalue weighted by Gasteiger charge is 2.42. The first-order valence-corrected chi connectivity index (χ1v) is 11.2. The Morgan fingerprint density at radius 1 is 1.09 bits per heavy atom. The molecule has 1 aliphatic heterocycles. The van der Waals surface area contributed by atoms with Crippen LogP contribution in [0.3, 0.4) is 0 Å². The Labute approximate surface area is 194 Å². The monoisotopic (exact) mass is 452 g/mol. The standard InChI is InChI=1S/C25H32N4O4/c1-15-5-7-21(33-4)22-19(15)14-29(24(31)28-22)18-9-11-25(26,12-10-18)23(30)27-17-6-8-20(32-3)16(2)13-17/h5-8,13,18H,9-12,14,26H2,1-4H3,(H,27,30)(H,28,31). The zero-order valence-electron chi connectivity index (χ0n) is 19.7. The molecule has 4 N–H and O–H groups in total. The summed E-state index contributed by atoms with van der Waals surface area (Å²) in [6, 6.07) is 9.27. The molecule has 1 heterocycles. The van der Waals surface area contributed by atoms with Gasteiger partial charge in [0.25, 0.3) is 0 Å². The van der Waals surface area contributed by atoms with Crippen LogP contribution in [0.25, 0.3) is 0 Å². The van der Waals surface area contributed by atoms with E-state index in [-0.39, 0.29) is 18.0 Å². The molecule has 0 radical (unpaired) electrons. The van der Waals surface area contributed by atoms with Crippen LogP contribution in [-0.2, 0) is 11.3 Å². The number of anilines is 2. The zero-order valence-corrected chi connectivity index (χ0v) is 19.7. The molecule has 8 heteroatoms. The Balaban J connectivity index is 1.42. The number of nitrogens with one attached hydrogen (secondary N) is 2. The summed E-state index contributed by atoms with van der Waals surface area (Å²) < 4.78 is 10.7. The topological polar surface area (TPSA) is 106 Å². The average molecular weight is 453 g/mol. The fraction of sp³-hybridized carbons (Fsp3) is 0.440. The van der Waals surface area contributed by atoms with Crippen molar-refractivity contribution in [2.75, 3.05) is 24.9 Å². The molecule has 1 aliphatic carbocycles. The van der Waals surface area contributed by atoms with Gasteiger partial charge < -0.3 is 30.7 Å². The predicted molar refractivity (Wildman–Crippen MR) is 128 cm³/mol. The average Bonchev–Trinajstić information content (AvgIpc) is 2.80. The third kappa shape index (κ3) is 4.35. The molecule has 2 aromatic rings. The van der Waals surface area contributed by atoms with Crippen molar-refractivity contribution in [3.05, 3.63) is 47.0 Å². The van der Waals surface area contributed by atoms with Crippen molar-refractivity contribution in [1.29, 1.82) is 0 Å². The molecule has 1 saturated carbocycles. The third-order valence-electron chi connectivity index (χ3n) is 6.94. The second kappa shape index (κ2) is 8.94. The van der Waals surface area contributed by atoms with Gasteiger partial charge in [-0.15, -0.1) is 0 Å². The quantitative estimate of drug-likeness (QED) is 0.637. The fourth-order valence-corrected chi connectivity index (χ4v) is 4.83. The minimum Gasteiger partial charge on any atom is -0.496 e. The summed E-state index contributed by atoms with van der Waals surface area (Å²) in [4.78, 5) is 27.8. The van der Waals surface area contributed by atoms with E-state index in [0.29, 0.717) is 43.7 Å². The van der Waals surface area contributed by atoms with Crippen molar-refractivity contribution >= 4 is 23.3 Å². The minimum absolute atomic E-state index is 0.0245. The number of nitrogens with two attached hydrogens (primary N) is 1. The third-order valence-corrected chi connectivity index (χ3v) is 6.94. The van der Waals surface area contributed by atoms with Crippen LogP contribution in [0.1, 0.15) is 42.4 Å². The minimum atomic E-state index is -0.965. The summed E-state index contributed by atoms with van der Waals surface area (Å²) in [5, 5.41) is 5.95. The Morgan fingerprint density at radius 3 is 2.39 bits per heavy atom. The van der Waals surface area contributed by atoms with Crippen LogP contribution in [0.2, 0.25) is 0 Å². The maximum atomic E-state index is 13.0. The number of carbonyl (C=O) groups is 2. The number of hydrogen-bond acceptors (Lipinski definition) is 5. The lowest BCUT2D eigenvalue weighted by molar-refractivity contribution is -0.122. The molecule has 4 rings (SSSR count). The highest BCUT2D eigenvalue weighted by molar-refractivity contribution is 5.98. The van der Waals surface area contributed by atoms with E-state index in [1.165, 1.54) is 0 Å². The van der Waals surface area contributed by atoms with E-state index < -0.39 is 5.54 Å². The molecule has 0 unspecified atom stereocenters. The van der Waals surface area contributed by atoms with Gasteiger partial charge in [-0.3, -0.25) is 4.79 Å². The van der Waals surface area contributed by atoms with Gasteiger partial charge in [-0.2, -0.15) is 0 Å². The van der Waals surface area contributed by atoms with Crippen LogP contribution in [0.4, 0.5) is 16.2 Å². The number of aryl methyl sites for hydroxylation is 2. The van der Waals surface area contributed by atoms with Crippen molar-refractivity contribution < 1.29 is 19.1 Å². The number of carbonyl (C=O) groups excluding carboxylic acids is 2. The number of amides is 3. The number of urea groups is 1. The molecule has 2 aromatic carbocycles. The first-order chi connectivity index (χ1) is 15.8. The molecule has 176 valence electrons. The van der Waals surface area contributed by atoms with Gasteiger partial charge in [0.2, 0.25) is 5.91 Å². The van der Waals surface area contributed by atoms with Gasteiger partial charge >= 0.3 is 6.03 Å². The van der Waals surface area contributed by atoms with Gasteiger partial charge in [-0.25, -0.2) is 4.79 Å². The number of hydrogen-bond donors (Lipinski definition) is 3. The molecular weight excluding hydrogens is 420 g/mol. The molecule has 0 atom stereocenters. The molecule has 3 amide bonds. The molecule has 0 aromatic heterocycles. The van der Waals surface area contributed by atoms with E-state index in [1.807, 2.05) is 49.1 Å². The molecule has 0 spiro atoms. The molecule has 1 fully saturated rings. The van der Waals surface area contributed by atoms with Gasteiger partial charge in [0, 0.05) is 17.3 Å². The van der Waals surface area contributed by atoms with Crippen LogP contribution < -0.4 is 25.8 Å². The van der Waals surface area contributed by atoms with Gasteiger partial charge in [0.1, 0.15) is 11.5 Å². The van der Waals surface area contributed by atoms with Crippen LogP contribution in [0, 0.1) is 13.8 Å². The van der Waals surface area contributed by atoms with E-state index in [0.717, 1.165) is 28.1 Å². The Bertz CT molecular complexity index is 1080. The summed E-state index contributed by atoms with van der Waals surface area (Å²) >= 11 is 0. The molecule has 8 nitrogen and oxygen atoms in total. The maximum Gasteiger partial charge on any atom is 0.322 e. The van der Waals surface area contributed by atoms with Gasteiger partial charge in [0.05, 0.1) is 32.0 Å². The largest absolute Gasteiger partial charge is 0.496 e. The molecule has 33 heavy (non-hydrogen) atoms. The number of fused-ring (bicyclic) bond motifs is 1. The van der Waals surface area contributed by atoms with Crippen LogP contribution >= 0.6 is 0 Å². The van der Waals surface area contributed by atoms with E-state index in [4.69, 9.17) is 15.2 Å². The van der Waals surface area contributed by atoms with Crippen molar-refractivity contribution in [1.82, 2.24) is 4.90 Å². The number of methoxy groups -OCH3 is 2. The van der Waals surface area contributed by atoms with Crippen molar-refractivity contribution in [3.63, 3.8) is 0 Å². The smallest absolute Gasteiger partial charge is 0.322 e. The van der Waals surface area contributed by atoms with Crippen molar-refractivity contribution in [3.8, 4) is 11.5 Å². The summed E-state index contributed by atoms with van der Waals surface area (Å²) in [6.07, 6.45) is 2.34. The van der Waals surface area contributed by atoms with E-state index in [1.54, 1.807) is 14.2 Å². The number of nitrogens with zero attached hydrogens (tertiary/aromatic N) is 1. The van der Waals surface area contributed by atoms with E-state index in [9.17, 15) is 9.59 Å². The highest BCUT2D eigenvalue weighted by Crippen LogP contribution is 2.38. The fourth-order valence-electron chi connectivity index (χ4n) is 4.83. The molecule has 0 saturated heterocycles. The Morgan fingerprint density at radius 2 is 1.76 bits per heavy atom. The predicted octanol–water partition coefficient (Wildman–Crippen LogP) is 3.95. The Kier molecular flexibility index (Phi) is 6.21. The summed E-state index contributed by atoms with van der Waals surface area (Å²) in [7, 11) is 3.22. The molecule has 2 aliphatic rings. The lowest BCUT2D eigenvalue weighted by atomic mass is 9.78. The lowest BCUT2D eigenvalue weighted by Crippen LogP contribution is -2.57. The molecule has 0 bridgehead atoms. The Hall–Kier alpha value is -3.26. The normalized spacial score (nSPS) is 22.3. The number of rotatable bonds is 5. The highest BCUT2D eigenvalue weighted by atomic mass is 16.5. The van der Waals surface area contributed by atoms with E-state index >= 15 is 0 Å². The second-order valence-corrected chi connectivity index (χ2v) is 9.02. The van der Waals surface area contributed by atoms with Gasteiger partial charge in [-0.1, -0.05) is 6.07 Å². The zero-order chi connectivity index (χ0) is 23.8.